The molecule has 4 nitrogen and oxygen atoms in total. The molecular weight excluding hydrogens is 259 g/mol. The first kappa shape index (κ1) is 14.2. The van der Waals surface area contributed by atoms with Crippen LogP contribution in [0.3, 0.4) is 0 Å². The van der Waals surface area contributed by atoms with Crippen molar-refractivity contribution in [3.63, 3.8) is 0 Å². The van der Waals surface area contributed by atoms with Crippen molar-refractivity contribution in [3.05, 3.63) is 47.3 Å². The van der Waals surface area contributed by atoms with E-state index in [0.29, 0.717) is 18.8 Å². The molecule has 106 valence electrons. The van der Waals surface area contributed by atoms with Crippen LogP contribution in [0.15, 0.2) is 24.4 Å². The van der Waals surface area contributed by atoms with Crippen molar-refractivity contribution < 1.29 is 13.9 Å². The summed E-state index contributed by atoms with van der Waals surface area (Å²) >= 11 is 0. The Morgan fingerprint density at radius 2 is 2.00 bits per heavy atom. The standard InChI is InChI=1S/C15H17FN2O2/c1-10-15(9-17-11(2)18-10)20-7-6-12-4-5-13(16)14(8-12)19-3/h4-5,8-9H,6-7H2,1-3H3. The molecule has 1 aromatic carbocycles. The monoisotopic (exact) mass is 276 g/mol. The number of hydrogen-bond donors (Lipinski definition) is 0. The van der Waals surface area contributed by atoms with Gasteiger partial charge in [-0.15, -0.1) is 0 Å². The van der Waals surface area contributed by atoms with Gasteiger partial charge in [-0.1, -0.05) is 6.07 Å². The molecule has 0 amide bonds. The normalized spacial score (nSPS) is 10.4. The van der Waals surface area contributed by atoms with Gasteiger partial charge in [-0.3, -0.25) is 0 Å². The van der Waals surface area contributed by atoms with Gasteiger partial charge >= 0.3 is 0 Å². The third-order valence-electron chi connectivity index (χ3n) is 2.92. The predicted octanol–water partition coefficient (Wildman–Crippen LogP) is 2.86. The number of benzene rings is 1. The zero-order chi connectivity index (χ0) is 14.5. The van der Waals surface area contributed by atoms with Crippen molar-refractivity contribution in [1.29, 1.82) is 0 Å². The van der Waals surface area contributed by atoms with E-state index < -0.39 is 0 Å². The number of halogens is 1. The highest BCUT2D eigenvalue weighted by molar-refractivity contribution is 5.30. The summed E-state index contributed by atoms with van der Waals surface area (Å²) in [6.45, 7) is 4.19. The summed E-state index contributed by atoms with van der Waals surface area (Å²) in [7, 11) is 1.45. The minimum Gasteiger partial charge on any atom is -0.494 e. The first-order chi connectivity index (χ1) is 9.60. The second-order valence-corrected chi connectivity index (χ2v) is 4.43. The fraction of sp³-hybridized carbons (Fsp3) is 0.333. The maximum Gasteiger partial charge on any atom is 0.165 e. The number of hydrogen-bond acceptors (Lipinski definition) is 4. The van der Waals surface area contributed by atoms with Crippen LogP contribution < -0.4 is 9.47 Å². The molecule has 5 heteroatoms. The molecule has 20 heavy (non-hydrogen) atoms. The Hall–Kier alpha value is -2.17. The summed E-state index contributed by atoms with van der Waals surface area (Å²) in [4.78, 5) is 8.33. The first-order valence-corrected chi connectivity index (χ1v) is 6.35. The van der Waals surface area contributed by atoms with Crippen molar-refractivity contribution in [1.82, 2.24) is 9.97 Å². The summed E-state index contributed by atoms with van der Waals surface area (Å²) < 4.78 is 23.9. The summed E-state index contributed by atoms with van der Waals surface area (Å²) in [5, 5.41) is 0. The lowest BCUT2D eigenvalue weighted by Gasteiger charge is -2.09. The third-order valence-corrected chi connectivity index (χ3v) is 2.92. The Bertz CT molecular complexity index is 602. The average Bonchev–Trinajstić information content (AvgIpc) is 2.43. The van der Waals surface area contributed by atoms with Crippen molar-refractivity contribution in [3.8, 4) is 11.5 Å². The third kappa shape index (κ3) is 3.44. The van der Waals surface area contributed by atoms with Gasteiger partial charge in [0.1, 0.15) is 5.82 Å². The SMILES string of the molecule is COc1cc(CCOc2cnc(C)nc2C)ccc1F. The summed E-state index contributed by atoms with van der Waals surface area (Å²) in [5.41, 5.74) is 1.77. The number of rotatable bonds is 5. The second kappa shape index (κ2) is 6.32. The van der Waals surface area contributed by atoms with E-state index in [1.165, 1.54) is 13.2 Å². The number of ether oxygens (including phenoxy) is 2. The largest absolute Gasteiger partial charge is 0.494 e. The van der Waals surface area contributed by atoms with Crippen LogP contribution >= 0.6 is 0 Å². The van der Waals surface area contributed by atoms with Crippen molar-refractivity contribution >= 4 is 0 Å². The summed E-state index contributed by atoms with van der Waals surface area (Å²) in [5.74, 6) is 1.28. The number of aryl methyl sites for hydroxylation is 2. The van der Waals surface area contributed by atoms with Gasteiger partial charge in [0.25, 0.3) is 0 Å². The molecule has 0 aliphatic carbocycles. The molecule has 0 radical (unpaired) electrons. The van der Waals surface area contributed by atoms with E-state index in [0.717, 1.165) is 17.1 Å². The fourth-order valence-corrected chi connectivity index (χ4v) is 1.85. The molecule has 0 spiro atoms. The highest BCUT2D eigenvalue weighted by atomic mass is 19.1. The maximum absolute atomic E-state index is 13.3. The Labute approximate surface area is 117 Å². The Morgan fingerprint density at radius 1 is 1.20 bits per heavy atom. The van der Waals surface area contributed by atoms with Gasteiger partial charge < -0.3 is 9.47 Å². The molecule has 0 fully saturated rings. The Morgan fingerprint density at radius 3 is 2.70 bits per heavy atom. The molecule has 0 aliphatic rings. The van der Waals surface area contributed by atoms with Gasteiger partial charge in [0, 0.05) is 6.42 Å². The molecule has 0 N–H and O–H groups in total. The highest BCUT2D eigenvalue weighted by Crippen LogP contribution is 2.19. The zero-order valence-corrected chi connectivity index (χ0v) is 11.8. The van der Waals surface area contributed by atoms with Gasteiger partial charge in [0.15, 0.2) is 17.3 Å². The molecule has 0 atom stereocenters. The van der Waals surface area contributed by atoms with Crippen LogP contribution in [0.4, 0.5) is 4.39 Å². The van der Waals surface area contributed by atoms with Crippen LogP contribution in [0.5, 0.6) is 11.5 Å². The topological polar surface area (TPSA) is 44.2 Å². The van der Waals surface area contributed by atoms with E-state index in [2.05, 4.69) is 9.97 Å². The van der Waals surface area contributed by atoms with Crippen LogP contribution in [0.25, 0.3) is 0 Å². The van der Waals surface area contributed by atoms with Crippen molar-refractivity contribution in [2.75, 3.05) is 13.7 Å². The molecule has 0 aliphatic heterocycles. The van der Waals surface area contributed by atoms with E-state index in [9.17, 15) is 4.39 Å². The van der Waals surface area contributed by atoms with E-state index in [-0.39, 0.29) is 11.6 Å². The lowest BCUT2D eigenvalue weighted by Crippen LogP contribution is -2.05. The van der Waals surface area contributed by atoms with Crippen LogP contribution in [0.2, 0.25) is 0 Å². The van der Waals surface area contributed by atoms with Crippen molar-refractivity contribution in [2.45, 2.75) is 20.3 Å². The van der Waals surface area contributed by atoms with E-state index in [4.69, 9.17) is 9.47 Å². The van der Waals surface area contributed by atoms with Crippen molar-refractivity contribution in [2.24, 2.45) is 0 Å². The smallest absolute Gasteiger partial charge is 0.165 e. The molecule has 2 rings (SSSR count). The lowest BCUT2D eigenvalue weighted by molar-refractivity contribution is 0.316. The number of nitrogens with zero attached hydrogens (tertiary/aromatic N) is 2. The predicted molar refractivity (Wildman–Crippen MR) is 73.7 cm³/mol. The molecule has 0 saturated heterocycles. The van der Waals surface area contributed by atoms with Gasteiger partial charge in [0.2, 0.25) is 0 Å². The Kier molecular flexibility index (Phi) is 4.50. The zero-order valence-electron chi connectivity index (χ0n) is 11.8. The minimum atomic E-state index is -0.361. The quantitative estimate of drug-likeness (QED) is 0.842. The van der Waals surface area contributed by atoms with Crippen LogP contribution in [-0.4, -0.2) is 23.7 Å². The van der Waals surface area contributed by atoms with Gasteiger partial charge in [-0.05, 0) is 31.5 Å². The van der Waals surface area contributed by atoms with Gasteiger partial charge in [-0.2, -0.15) is 0 Å². The first-order valence-electron chi connectivity index (χ1n) is 6.35. The lowest BCUT2D eigenvalue weighted by atomic mass is 10.1. The van der Waals surface area contributed by atoms with E-state index >= 15 is 0 Å². The highest BCUT2D eigenvalue weighted by Gasteiger charge is 2.05. The van der Waals surface area contributed by atoms with Gasteiger partial charge in [0.05, 0.1) is 25.6 Å². The minimum absolute atomic E-state index is 0.248. The second-order valence-electron chi connectivity index (χ2n) is 4.43. The number of methoxy groups -OCH3 is 1. The Balaban J connectivity index is 1.96. The molecular formula is C15H17FN2O2. The van der Waals surface area contributed by atoms with Crippen LogP contribution in [0.1, 0.15) is 17.1 Å². The maximum atomic E-state index is 13.3. The molecule has 1 aromatic heterocycles. The molecule has 0 unspecified atom stereocenters. The summed E-state index contributed by atoms with van der Waals surface area (Å²) in [6.07, 6.45) is 2.33. The molecule has 0 bridgehead atoms. The average molecular weight is 276 g/mol. The van der Waals surface area contributed by atoms with Crippen LogP contribution in [0, 0.1) is 19.7 Å². The van der Waals surface area contributed by atoms with E-state index in [1.807, 2.05) is 13.8 Å². The van der Waals surface area contributed by atoms with Crippen LogP contribution in [-0.2, 0) is 6.42 Å². The molecule has 1 heterocycles. The van der Waals surface area contributed by atoms with E-state index in [1.54, 1.807) is 18.3 Å². The fourth-order valence-electron chi connectivity index (χ4n) is 1.85. The summed E-state index contributed by atoms with van der Waals surface area (Å²) in [6, 6.07) is 4.80. The molecule has 0 saturated carbocycles. The van der Waals surface area contributed by atoms with Gasteiger partial charge in [-0.25, -0.2) is 14.4 Å². The number of aromatic nitrogens is 2. The molecule has 2 aromatic rings.